The van der Waals surface area contributed by atoms with Gasteiger partial charge in [-0.25, -0.2) is 4.98 Å². The zero-order valence-electron chi connectivity index (χ0n) is 9.64. The fourth-order valence-electron chi connectivity index (χ4n) is 1.38. The fraction of sp³-hybridized carbons (Fsp3) is 0.167. The quantitative estimate of drug-likeness (QED) is 0.938. The van der Waals surface area contributed by atoms with Crippen LogP contribution >= 0.6 is 22.9 Å². The van der Waals surface area contributed by atoms with Crippen LogP contribution in [0.1, 0.15) is 15.2 Å². The van der Waals surface area contributed by atoms with Crippen molar-refractivity contribution in [3.63, 3.8) is 0 Å². The highest BCUT2D eigenvalue weighted by atomic mass is 35.5. The monoisotopic (exact) mass is 282 g/mol. The minimum Gasteiger partial charge on any atom is -0.481 e. The Kier molecular flexibility index (Phi) is 4.17. The molecule has 2 aromatic heterocycles. The summed E-state index contributed by atoms with van der Waals surface area (Å²) in [6.45, 7) is 0.424. The molecule has 0 fully saturated rings. The van der Waals surface area contributed by atoms with Crippen LogP contribution in [0.3, 0.4) is 0 Å². The molecule has 4 nitrogen and oxygen atoms in total. The highest BCUT2D eigenvalue weighted by Gasteiger charge is 2.08. The fourth-order valence-corrected chi connectivity index (χ4v) is 2.34. The summed E-state index contributed by atoms with van der Waals surface area (Å²) in [6.07, 6.45) is 1.64. The Morgan fingerprint density at radius 2 is 2.33 bits per heavy atom. The van der Waals surface area contributed by atoms with Crippen molar-refractivity contribution in [2.75, 3.05) is 7.11 Å². The van der Waals surface area contributed by atoms with Gasteiger partial charge in [0.05, 0.1) is 16.3 Å². The van der Waals surface area contributed by atoms with Crippen LogP contribution < -0.4 is 10.1 Å². The maximum Gasteiger partial charge on any atom is 0.261 e. The average Bonchev–Trinajstić information content (AvgIpc) is 2.83. The second kappa shape index (κ2) is 5.84. The van der Waals surface area contributed by atoms with Crippen molar-refractivity contribution in [1.29, 1.82) is 0 Å². The summed E-state index contributed by atoms with van der Waals surface area (Å²) < 4.78 is 5.61. The van der Waals surface area contributed by atoms with Crippen molar-refractivity contribution >= 4 is 28.8 Å². The minimum atomic E-state index is -0.136. The van der Waals surface area contributed by atoms with Gasteiger partial charge in [0.2, 0.25) is 5.88 Å². The van der Waals surface area contributed by atoms with Crippen molar-refractivity contribution in [3.8, 4) is 5.88 Å². The van der Waals surface area contributed by atoms with Gasteiger partial charge in [-0.3, -0.25) is 4.79 Å². The number of ether oxygens (including phenoxy) is 1. The number of nitrogens with one attached hydrogen (secondary N) is 1. The van der Waals surface area contributed by atoms with E-state index >= 15 is 0 Å². The van der Waals surface area contributed by atoms with E-state index < -0.39 is 0 Å². The molecule has 2 aromatic rings. The van der Waals surface area contributed by atoms with Gasteiger partial charge in [0.1, 0.15) is 0 Å². The topological polar surface area (TPSA) is 51.2 Å². The molecule has 0 spiro atoms. The van der Waals surface area contributed by atoms with Crippen molar-refractivity contribution in [1.82, 2.24) is 10.3 Å². The second-order valence-corrected chi connectivity index (χ2v) is 5.21. The molecule has 0 saturated carbocycles. The van der Waals surface area contributed by atoms with Gasteiger partial charge in [0.15, 0.2) is 0 Å². The molecule has 0 bridgehead atoms. The highest BCUT2D eigenvalue weighted by Crippen LogP contribution is 2.21. The summed E-state index contributed by atoms with van der Waals surface area (Å²) in [5.41, 5.74) is 0.929. The molecular weight excluding hydrogens is 272 g/mol. The lowest BCUT2D eigenvalue weighted by Gasteiger charge is -2.05. The van der Waals surface area contributed by atoms with Crippen LogP contribution in [0, 0.1) is 0 Å². The van der Waals surface area contributed by atoms with E-state index in [-0.39, 0.29) is 5.91 Å². The third kappa shape index (κ3) is 3.21. The third-order valence-electron chi connectivity index (χ3n) is 2.26. The first-order chi connectivity index (χ1) is 8.69. The second-order valence-electron chi connectivity index (χ2n) is 3.49. The minimum absolute atomic E-state index is 0.136. The largest absolute Gasteiger partial charge is 0.481 e. The lowest BCUT2D eigenvalue weighted by atomic mass is 10.2. The Balaban J connectivity index is 1.97. The zero-order valence-corrected chi connectivity index (χ0v) is 11.2. The van der Waals surface area contributed by atoms with Crippen molar-refractivity contribution in [3.05, 3.63) is 45.2 Å². The van der Waals surface area contributed by atoms with Crippen LogP contribution in [0.25, 0.3) is 0 Å². The molecule has 18 heavy (non-hydrogen) atoms. The maximum absolute atomic E-state index is 11.8. The molecule has 2 rings (SSSR count). The first kappa shape index (κ1) is 12.9. The number of rotatable bonds is 4. The molecule has 2 heterocycles. The van der Waals surface area contributed by atoms with Crippen molar-refractivity contribution < 1.29 is 9.53 Å². The van der Waals surface area contributed by atoms with Gasteiger partial charge in [-0.2, -0.15) is 0 Å². The molecule has 0 unspecified atom stereocenters. The number of aromatic nitrogens is 1. The number of pyridine rings is 1. The number of carbonyl (C=O) groups is 1. The van der Waals surface area contributed by atoms with Gasteiger partial charge in [-0.15, -0.1) is 11.3 Å². The predicted octanol–water partition coefficient (Wildman–Crippen LogP) is 2.74. The van der Waals surface area contributed by atoms with E-state index in [9.17, 15) is 4.79 Å². The van der Waals surface area contributed by atoms with E-state index in [0.29, 0.717) is 21.6 Å². The summed E-state index contributed by atoms with van der Waals surface area (Å²) in [7, 11) is 1.55. The van der Waals surface area contributed by atoms with Crippen molar-refractivity contribution in [2.24, 2.45) is 0 Å². The van der Waals surface area contributed by atoms with Crippen LogP contribution in [0.4, 0.5) is 0 Å². The number of amides is 1. The highest BCUT2D eigenvalue weighted by molar-refractivity contribution is 7.17. The molecule has 1 amide bonds. The van der Waals surface area contributed by atoms with E-state index in [0.717, 1.165) is 5.56 Å². The number of methoxy groups -OCH3 is 1. The van der Waals surface area contributed by atoms with Crippen molar-refractivity contribution in [2.45, 2.75) is 6.54 Å². The Morgan fingerprint density at radius 3 is 3.00 bits per heavy atom. The number of halogens is 1. The maximum atomic E-state index is 11.8. The molecule has 1 N–H and O–H groups in total. The SMILES string of the molecule is COc1cc(CNC(=O)c2ccc(Cl)s2)ccn1. The van der Waals surface area contributed by atoms with E-state index in [1.54, 1.807) is 31.5 Å². The smallest absolute Gasteiger partial charge is 0.261 e. The number of nitrogens with zero attached hydrogens (tertiary/aromatic N) is 1. The number of carbonyl (C=O) groups excluding carboxylic acids is 1. The molecule has 0 aromatic carbocycles. The Labute approximate surface area is 114 Å². The van der Waals surface area contributed by atoms with Crippen LogP contribution in [-0.4, -0.2) is 18.0 Å². The summed E-state index contributed by atoms with van der Waals surface area (Å²) in [5.74, 6) is 0.392. The predicted molar refractivity (Wildman–Crippen MR) is 71.3 cm³/mol. The van der Waals surface area contributed by atoms with E-state index in [2.05, 4.69) is 10.3 Å². The van der Waals surface area contributed by atoms with Gasteiger partial charge < -0.3 is 10.1 Å². The molecule has 0 saturated heterocycles. The molecule has 6 heteroatoms. The summed E-state index contributed by atoms with van der Waals surface area (Å²) in [5, 5.41) is 2.81. The van der Waals surface area contributed by atoms with E-state index in [4.69, 9.17) is 16.3 Å². The molecule has 0 atom stereocenters. The van der Waals surface area contributed by atoms with Crippen LogP contribution in [0.5, 0.6) is 5.88 Å². The first-order valence-corrected chi connectivity index (χ1v) is 6.41. The lowest BCUT2D eigenvalue weighted by Crippen LogP contribution is -2.21. The van der Waals surface area contributed by atoms with Crippen LogP contribution in [-0.2, 0) is 6.54 Å². The summed E-state index contributed by atoms with van der Waals surface area (Å²) >= 11 is 7.03. The first-order valence-electron chi connectivity index (χ1n) is 5.21. The van der Waals surface area contributed by atoms with E-state index in [1.807, 2.05) is 6.07 Å². The normalized spacial score (nSPS) is 10.1. The van der Waals surface area contributed by atoms with Gasteiger partial charge >= 0.3 is 0 Å². The Hall–Kier alpha value is -1.59. The van der Waals surface area contributed by atoms with Crippen LogP contribution in [0.2, 0.25) is 4.34 Å². The summed E-state index contributed by atoms with van der Waals surface area (Å²) in [4.78, 5) is 16.4. The molecular formula is C12H11ClN2O2S. The molecule has 0 aliphatic carbocycles. The Morgan fingerprint density at radius 1 is 1.50 bits per heavy atom. The van der Waals surface area contributed by atoms with Gasteiger partial charge in [0, 0.05) is 18.8 Å². The third-order valence-corrected chi connectivity index (χ3v) is 3.49. The molecule has 0 radical (unpaired) electrons. The zero-order chi connectivity index (χ0) is 13.0. The number of thiophene rings is 1. The van der Waals surface area contributed by atoms with Crippen LogP contribution in [0.15, 0.2) is 30.5 Å². The van der Waals surface area contributed by atoms with Gasteiger partial charge in [-0.05, 0) is 23.8 Å². The van der Waals surface area contributed by atoms with Gasteiger partial charge in [0.25, 0.3) is 5.91 Å². The van der Waals surface area contributed by atoms with Gasteiger partial charge in [-0.1, -0.05) is 11.6 Å². The molecule has 0 aliphatic rings. The average molecular weight is 283 g/mol. The lowest BCUT2D eigenvalue weighted by molar-refractivity contribution is 0.0955. The number of hydrogen-bond donors (Lipinski definition) is 1. The Bertz CT molecular complexity index is 557. The molecule has 94 valence electrons. The standard InChI is InChI=1S/C12H11ClN2O2S/c1-17-11-6-8(4-5-14-11)7-15-12(16)9-2-3-10(13)18-9/h2-6H,7H2,1H3,(H,15,16). The molecule has 0 aliphatic heterocycles. The van der Waals surface area contributed by atoms with E-state index in [1.165, 1.54) is 11.3 Å². The summed E-state index contributed by atoms with van der Waals surface area (Å²) in [6, 6.07) is 7.01. The number of hydrogen-bond acceptors (Lipinski definition) is 4.